The lowest BCUT2D eigenvalue weighted by molar-refractivity contribution is 1.10. The van der Waals surface area contributed by atoms with Crippen molar-refractivity contribution in [3.8, 4) is 0 Å². The first-order chi connectivity index (χ1) is 6.72. The van der Waals surface area contributed by atoms with E-state index in [4.69, 9.17) is 0 Å². The van der Waals surface area contributed by atoms with Gasteiger partial charge in [-0.2, -0.15) is 0 Å². The largest absolute Gasteiger partial charge is 0.123 e. The Morgan fingerprint density at radius 1 is 1.07 bits per heavy atom. The fraction of sp³-hybridized carbons (Fsp3) is 0.538. The Labute approximate surface area is 93.1 Å². The molecular formula is C13H22S. The first-order valence-corrected chi connectivity index (χ1v) is 6.36. The van der Waals surface area contributed by atoms with E-state index in [9.17, 15) is 0 Å². The minimum atomic E-state index is 0.678. The molecular weight excluding hydrogens is 188 g/mol. The monoisotopic (exact) mass is 210 g/mol. The molecule has 0 amide bonds. The summed E-state index contributed by atoms with van der Waals surface area (Å²) in [4.78, 5) is 1.38. The molecule has 1 aromatic rings. The van der Waals surface area contributed by atoms with Crippen molar-refractivity contribution >= 4 is 11.8 Å². The van der Waals surface area contributed by atoms with Gasteiger partial charge in [-0.15, -0.1) is 11.8 Å². The number of aryl methyl sites for hydroxylation is 1. The van der Waals surface area contributed by atoms with Crippen LogP contribution in [0.2, 0.25) is 0 Å². The summed E-state index contributed by atoms with van der Waals surface area (Å²) in [6.45, 7) is 10.6. The van der Waals surface area contributed by atoms with E-state index >= 15 is 0 Å². The van der Waals surface area contributed by atoms with Crippen LogP contribution in [0, 0.1) is 0 Å². The van der Waals surface area contributed by atoms with Crippen LogP contribution in [0.1, 0.15) is 40.2 Å². The lowest BCUT2D eigenvalue weighted by Gasteiger charge is -2.04. The quantitative estimate of drug-likeness (QED) is 0.647. The lowest BCUT2D eigenvalue weighted by Crippen LogP contribution is -1.86. The van der Waals surface area contributed by atoms with Crippen molar-refractivity contribution in [1.82, 2.24) is 0 Å². The normalized spacial score (nSPS) is 9.57. The molecule has 0 radical (unpaired) electrons. The summed E-state index contributed by atoms with van der Waals surface area (Å²) in [5.41, 5.74) is 1.42. The van der Waals surface area contributed by atoms with Gasteiger partial charge in [0.1, 0.15) is 0 Å². The summed E-state index contributed by atoms with van der Waals surface area (Å²) in [6, 6.07) is 8.85. The average molecular weight is 210 g/mol. The van der Waals surface area contributed by atoms with Crippen LogP contribution in [0.3, 0.4) is 0 Å². The molecule has 14 heavy (non-hydrogen) atoms. The van der Waals surface area contributed by atoms with Crippen LogP contribution in [0.4, 0.5) is 0 Å². The summed E-state index contributed by atoms with van der Waals surface area (Å²) in [5, 5.41) is 0.678. The molecule has 80 valence electrons. The van der Waals surface area contributed by atoms with Gasteiger partial charge in [0.15, 0.2) is 0 Å². The summed E-state index contributed by atoms with van der Waals surface area (Å²) in [5.74, 6) is 0. The van der Waals surface area contributed by atoms with Crippen molar-refractivity contribution in [1.29, 1.82) is 0 Å². The fourth-order valence-corrected chi connectivity index (χ4v) is 1.91. The average Bonchev–Trinajstić information content (AvgIpc) is 2.21. The first kappa shape index (κ1) is 13.6. The SMILES string of the molecule is CC.CCc1ccc(SC(C)C)cc1. The maximum Gasteiger partial charge on any atom is 0.00747 e. The fourth-order valence-electron chi connectivity index (χ4n) is 1.08. The molecule has 0 nitrogen and oxygen atoms in total. The van der Waals surface area contributed by atoms with E-state index in [1.807, 2.05) is 25.6 Å². The van der Waals surface area contributed by atoms with Gasteiger partial charge in [-0.25, -0.2) is 0 Å². The van der Waals surface area contributed by atoms with Crippen LogP contribution in [0.25, 0.3) is 0 Å². The Bertz CT molecular complexity index is 223. The minimum Gasteiger partial charge on any atom is -0.123 e. The van der Waals surface area contributed by atoms with Crippen LogP contribution in [-0.2, 0) is 6.42 Å². The Balaban J connectivity index is 0.000000791. The topological polar surface area (TPSA) is 0 Å². The number of hydrogen-bond acceptors (Lipinski definition) is 1. The zero-order chi connectivity index (χ0) is 11.0. The molecule has 0 aromatic heterocycles. The summed E-state index contributed by atoms with van der Waals surface area (Å²) < 4.78 is 0. The maximum absolute atomic E-state index is 2.22. The van der Waals surface area contributed by atoms with Crippen LogP contribution >= 0.6 is 11.8 Å². The molecule has 0 fully saturated rings. The highest BCUT2D eigenvalue weighted by atomic mass is 32.2. The summed E-state index contributed by atoms with van der Waals surface area (Å²) in [6.07, 6.45) is 1.13. The summed E-state index contributed by atoms with van der Waals surface area (Å²) >= 11 is 1.92. The van der Waals surface area contributed by atoms with Crippen molar-refractivity contribution < 1.29 is 0 Å². The smallest absolute Gasteiger partial charge is 0.00747 e. The van der Waals surface area contributed by atoms with E-state index < -0.39 is 0 Å². The third-order valence-corrected chi connectivity index (χ3v) is 2.72. The molecule has 0 aliphatic heterocycles. The number of thioether (sulfide) groups is 1. The van der Waals surface area contributed by atoms with Gasteiger partial charge < -0.3 is 0 Å². The van der Waals surface area contributed by atoms with Crippen LogP contribution < -0.4 is 0 Å². The molecule has 0 atom stereocenters. The molecule has 0 spiro atoms. The van der Waals surface area contributed by atoms with Crippen molar-refractivity contribution in [2.24, 2.45) is 0 Å². The molecule has 0 saturated heterocycles. The lowest BCUT2D eigenvalue weighted by atomic mass is 10.2. The highest BCUT2D eigenvalue weighted by Crippen LogP contribution is 2.22. The maximum atomic E-state index is 2.22. The molecule has 0 heterocycles. The molecule has 0 bridgehead atoms. The Morgan fingerprint density at radius 3 is 1.93 bits per heavy atom. The predicted octanol–water partition coefficient (Wildman–Crippen LogP) is 4.78. The van der Waals surface area contributed by atoms with E-state index in [1.165, 1.54) is 10.5 Å². The standard InChI is InChI=1S/C11H16S.C2H6/c1-4-10-5-7-11(8-6-10)12-9(2)3;1-2/h5-9H,4H2,1-3H3;1-2H3. The Kier molecular flexibility index (Phi) is 7.68. The van der Waals surface area contributed by atoms with Gasteiger partial charge in [-0.3, -0.25) is 0 Å². The van der Waals surface area contributed by atoms with E-state index in [2.05, 4.69) is 45.0 Å². The zero-order valence-corrected chi connectivity index (χ0v) is 10.8. The number of rotatable bonds is 3. The van der Waals surface area contributed by atoms with Gasteiger partial charge >= 0.3 is 0 Å². The van der Waals surface area contributed by atoms with Gasteiger partial charge in [0.2, 0.25) is 0 Å². The van der Waals surface area contributed by atoms with Crippen molar-refractivity contribution in [3.63, 3.8) is 0 Å². The van der Waals surface area contributed by atoms with E-state index in [-0.39, 0.29) is 0 Å². The van der Waals surface area contributed by atoms with Crippen LogP contribution in [-0.4, -0.2) is 5.25 Å². The predicted molar refractivity (Wildman–Crippen MR) is 68.2 cm³/mol. The van der Waals surface area contributed by atoms with Gasteiger partial charge in [0.25, 0.3) is 0 Å². The minimum absolute atomic E-state index is 0.678. The third kappa shape index (κ3) is 5.33. The van der Waals surface area contributed by atoms with E-state index in [1.54, 1.807) is 0 Å². The van der Waals surface area contributed by atoms with Crippen molar-refractivity contribution in [3.05, 3.63) is 29.8 Å². The number of hydrogen-bond donors (Lipinski definition) is 0. The molecule has 0 N–H and O–H groups in total. The zero-order valence-electron chi connectivity index (χ0n) is 10.0. The van der Waals surface area contributed by atoms with Crippen LogP contribution in [0.5, 0.6) is 0 Å². The molecule has 1 aromatic carbocycles. The third-order valence-electron chi connectivity index (χ3n) is 1.70. The first-order valence-electron chi connectivity index (χ1n) is 5.48. The number of benzene rings is 1. The molecule has 0 saturated carbocycles. The van der Waals surface area contributed by atoms with E-state index in [0.29, 0.717) is 5.25 Å². The van der Waals surface area contributed by atoms with Gasteiger partial charge in [-0.05, 0) is 24.1 Å². The Hall–Kier alpha value is -0.430. The van der Waals surface area contributed by atoms with Crippen molar-refractivity contribution in [2.75, 3.05) is 0 Å². The molecule has 1 heteroatoms. The summed E-state index contributed by atoms with van der Waals surface area (Å²) in [7, 11) is 0. The van der Waals surface area contributed by atoms with Gasteiger partial charge in [0, 0.05) is 10.1 Å². The second kappa shape index (κ2) is 7.93. The Morgan fingerprint density at radius 2 is 1.57 bits per heavy atom. The van der Waals surface area contributed by atoms with Gasteiger partial charge in [-0.1, -0.05) is 46.8 Å². The van der Waals surface area contributed by atoms with Crippen LogP contribution in [0.15, 0.2) is 29.2 Å². The van der Waals surface area contributed by atoms with E-state index in [0.717, 1.165) is 6.42 Å². The molecule has 0 aliphatic rings. The highest BCUT2D eigenvalue weighted by molar-refractivity contribution is 7.99. The molecule has 0 aliphatic carbocycles. The second-order valence-electron chi connectivity index (χ2n) is 3.16. The second-order valence-corrected chi connectivity index (χ2v) is 4.81. The molecule has 1 rings (SSSR count). The van der Waals surface area contributed by atoms with Crippen molar-refractivity contribution in [2.45, 2.75) is 51.2 Å². The van der Waals surface area contributed by atoms with Gasteiger partial charge in [0.05, 0.1) is 0 Å². The molecule has 0 unspecified atom stereocenters. The highest BCUT2D eigenvalue weighted by Gasteiger charge is 1.96.